The van der Waals surface area contributed by atoms with Gasteiger partial charge in [-0.15, -0.1) is 18.3 Å². The number of benzene rings is 1. The lowest BCUT2D eigenvalue weighted by Crippen LogP contribution is -2.17. The van der Waals surface area contributed by atoms with Crippen LogP contribution in [0.4, 0.5) is 13.2 Å². The van der Waals surface area contributed by atoms with E-state index < -0.39 is 18.1 Å². The number of alkyl halides is 3. The number of rotatable bonds is 4. The van der Waals surface area contributed by atoms with Gasteiger partial charge in [0, 0.05) is 0 Å². The summed E-state index contributed by atoms with van der Waals surface area (Å²) in [5.41, 5.74) is 0.866. The van der Waals surface area contributed by atoms with Crippen molar-refractivity contribution in [3.63, 3.8) is 0 Å². The number of hydrogen-bond acceptors (Lipinski definition) is 6. The average Bonchev–Trinajstić information content (AvgIpc) is 2.84. The highest BCUT2D eigenvalue weighted by atomic mass is 35.5. The molecule has 2 aromatic rings. The Morgan fingerprint density at radius 2 is 2.14 bits per heavy atom. The van der Waals surface area contributed by atoms with Crippen molar-refractivity contribution in [1.82, 2.24) is 9.59 Å². The Kier molecular flexibility index (Phi) is 4.87. The third-order valence-corrected chi connectivity index (χ3v) is 3.53. The van der Waals surface area contributed by atoms with E-state index in [0.717, 1.165) is 17.6 Å². The van der Waals surface area contributed by atoms with E-state index >= 15 is 0 Å². The van der Waals surface area contributed by atoms with Crippen LogP contribution in [0.2, 0.25) is 5.02 Å². The molecular weight excluding hydrogens is 345 g/mol. The molecule has 0 aliphatic heterocycles. The van der Waals surface area contributed by atoms with Crippen LogP contribution in [0.5, 0.6) is 5.75 Å². The minimum Gasteiger partial charge on any atom is -0.457 e. The molecule has 0 N–H and O–H groups in total. The molecular formula is C12H8ClF3N2O3S. The predicted molar refractivity (Wildman–Crippen MR) is 71.9 cm³/mol. The first-order valence-corrected chi connectivity index (χ1v) is 6.91. The first-order valence-electron chi connectivity index (χ1n) is 5.76. The highest BCUT2D eigenvalue weighted by molar-refractivity contribution is 7.07. The summed E-state index contributed by atoms with van der Waals surface area (Å²) in [6.07, 6.45) is -4.83. The van der Waals surface area contributed by atoms with Gasteiger partial charge in [-0.25, -0.2) is 4.79 Å². The lowest BCUT2D eigenvalue weighted by atomic mass is 10.2. The second kappa shape index (κ2) is 6.49. The number of ether oxygens (including phenoxy) is 2. The van der Waals surface area contributed by atoms with Crippen molar-refractivity contribution >= 4 is 29.1 Å². The van der Waals surface area contributed by atoms with Gasteiger partial charge in [0.05, 0.1) is 10.7 Å². The maximum Gasteiger partial charge on any atom is 0.573 e. The van der Waals surface area contributed by atoms with Crippen LogP contribution in [0.3, 0.4) is 0 Å². The number of hydrogen-bond donors (Lipinski definition) is 0. The topological polar surface area (TPSA) is 61.3 Å². The van der Waals surface area contributed by atoms with Gasteiger partial charge in [-0.2, -0.15) is 0 Å². The molecule has 118 valence electrons. The Morgan fingerprint density at radius 1 is 1.41 bits per heavy atom. The summed E-state index contributed by atoms with van der Waals surface area (Å²) in [6.45, 7) is 1.46. The molecule has 0 radical (unpaired) electrons. The Hall–Kier alpha value is -1.87. The van der Waals surface area contributed by atoms with Crippen LogP contribution in [0, 0.1) is 6.92 Å². The maximum atomic E-state index is 12.1. The minimum atomic E-state index is -4.83. The fourth-order valence-electron chi connectivity index (χ4n) is 1.47. The standard InChI is InChI=1S/C12H8ClF3N2O3S/c1-6-10(22-18-17-6)11(19)20-5-7-2-3-9(8(13)4-7)21-12(14,15)16/h2-4H,5H2,1H3. The lowest BCUT2D eigenvalue weighted by molar-refractivity contribution is -0.274. The van der Waals surface area contributed by atoms with E-state index in [4.69, 9.17) is 16.3 Å². The maximum absolute atomic E-state index is 12.1. The van der Waals surface area contributed by atoms with Crippen LogP contribution in [0.1, 0.15) is 20.9 Å². The summed E-state index contributed by atoms with van der Waals surface area (Å²) in [6, 6.07) is 3.60. The molecule has 5 nitrogen and oxygen atoms in total. The largest absolute Gasteiger partial charge is 0.573 e. The van der Waals surface area contributed by atoms with Crippen LogP contribution in [-0.2, 0) is 11.3 Å². The molecule has 0 atom stereocenters. The Bertz CT molecular complexity index is 690. The summed E-state index contributed by atoms with van der Waals surface area (Å²) >= 11 is 6.59. The Morgan fingerprint density at radius 3 is 2.68 bits per heavy atom. The molecule has 0 bridgehead atoms. The molecule has 0 fully saturated rings. The number of carbonyl (C=O) groups excluding carboxylic acids is 1. The van der Waals surface area contributed by atoms with Crippen molar-refractivity contribution in [2.75, 3.05) is 0 Å². The highest BCUT2D eigenvalue weighted by Gasteiger charge is 2.32. The number of aryl methyl sites for hydroxylation is 1. The zero-order valence-electron chi connectivity index (χ0n) is 11.0. The molecule has 2 rings (SSSR count). The molecule has 1 aromatic heterocycles. The fourth-order valence-corrected chi connectivity index (χ4v) is 2.27. The van der Waals surface area contributed by atoms with Crippen molar-refractivity contribution in [1.29, 1.82) is 0 Å². The molecule has 1 aromatic carbocycles. The van der Waals surface area contributed by atoms with Crippen molar-refractivity contribution in [2.24, 2.45) is 0 Å². The predicted octanol–water partition coefficient (Wildman–Crippen LogP) is 3.76. The Labute approximate surface area is 131 Å². The molecule has 0 aliphatic carbocycles. The SMILES string of the molecule is Cc1nnsc1C(=O)OCc1ccc(OC(F)(F)F)c(Cl)c1. The summed E-state index contributed by atoms with van der Waals surface area (Å²) in [5, 5.41) is 3.44. The number of nitrogens with zero attached hydrogens (tertiary/aromatic N) is 2. The Balaban J connectivity index is 2.01. The number of carbonyl (C=O) groups is 1. The first-order chi connectivity index (χ1) is 10.3. The number of esters is 1. The van der Waals surface area contributed by atoms with E-state index in [-0.39, 0.29) is 16.5 Å². The normalized spacial score (nSPS) is 11.3. The van der Waals surface area contributed by atoms with Gasteiger partial charge in [0.25, 0.3) is 0 Å². The quantitative estimate of drug-likeness (QED) is 0.784. The van der Waals surface area contributed by atoms with Crippen molar-refractivity contribution in [2.45, 2.75) is 19.9 Å². The molecule has 0 unspecified atom stereocenters. The van der Waals surface area contributed by atoms with E-state index in [9.17, 15) is 18.0 Å². The van der Waals surface area contributed by atoms with E-state index in [2.05, 4.69) is 14.3 Å². The second-order valence-corrected chi connectivity index (χ2v) is 5.24. The number of halogens is 4. The summed E-state index contributed by atoms with van der Waals surface area (Å²) in [5.74, 6) is -1.13. The van der Waals surface area contributed by atoms with E-state index in [1.165, 1.54) is 12.1 Å². The van der Waals surface area contributed by atoms with Crippen molar-refractivity contribution in [3.8, 4) is 5.75 Å². The molecule has 22 heavy (non-hydrogen) atoms. The van der Waals surface area contributed by atoms with E-state index in [1.54, 1.807) is 6.92 Å². The van der Waals surface area contributed by atoms with Crippen molar-refractivity contribution < 1.29 is 27.4 Å². The molecule has 0 saturated heterocycles. The van der Waals surface area contributed by atoms with Gasteiger partial charge in [0.1, 0.15) is 12.4 Å². The summed E-state index contributed by atoms with van der Waals surface area (Å²) in [7, 11) is 0. The molecule has 0 aliphatic rings. The fraction of sp³-hybridized carbons (Fsp3) is 0.250. The lowest BCUT2D eigenvalue weighted by Gasteiger charge is -2.11. The van der Waals surface area contributed by atoms with Gasteiger partial charge < -0.3 is 9.47 Å². The van der Waals surface area contributed by atoms with Gasteiger partial charge in [0.15, 0.2) is 4.88 Å². The molecule has 0 amide bonds. The minimum absolute atomic E-state index is 0.151. The van der Waals surface area contributed by atoms with Gasteiger partial charge in [-0.3, -0.25) is 0 Å². The van der Waals surface area contributed by atoms with Crippen LogP contribution >= 0.6 is 23.1 Å². The number of aromatic nitrogens is 2. The summed E-state index contributed by atoms with van der Waals surface area (Å²) < 4.78 is 48.7. The molecule has 10 heteroatoms. The zero-order valence-corrected chi connectivity index (χ0v) is 12.6. The van der Waals surface area contributed by atoms with Crippen molar-refractivity contribution in [3.05, 3.63) is 39.4 Å². The monoisotopic (exact) mass is 352 g/mol. The van der Waals surface area contributed by atoms with Gasteiger partial charge in [0.2, 0.25) is 0 Å². The average molecular weight is 353 g/mol. The summed E-state index contributed by atoms with van der Waals surface area (Å²) in [4.78, 5) is 12.0. The van der Waals surface area contributed by atoms with E-state index in [1.807, 2.05) is 0 Å². The van der Waals surface area contributed by atoms with Crippen LogP contribution < -0.4 is 4.74 Å². The van der Waals surface area contributed by atoms with Crippen LogP contribution in [-0.4, -0.2) is 21.9 Å². The second-order valence-electron chi connectivity index (χ2n) is 4.08. The van der Waals surface area contributed by atoms with Gasteiger partial charge in [-0.05, 0) is 36.2 Å². The van der Waals surface area contributed by atoms with Crippen LogP contribution in [0.15, 0.2) is 18.2 Å². The molecule has 0 saturated carbocycles. The first kappa shape index (κ1) is 16.5. The molecule has 0 spiro atoms. The van der Waals surface area contributed by atoms with Crippen LogP contribution in [0.25, 0.3) is 0 Å². The van der Waals surface area contributed by atoms with Gasteiger partial charge in [-0.1, -0.05) is 22.2 Å². The third kappa shape index (κ3) is 4.31. The highest BCUT2D eigenvalue weighted by Crippen LogP contribution is 2.31. The van der Waals surface area contributed by atoms with E-state index in [0.29, 0.717) is 11.3 Å². The third-order valence-electron chi connectivity index (χ3n) is 2.43. The van der Waals surface area contributed by atoms with Gasteiger partial charge >= 0.3 is 12.3 Å². The zero-order chi connectivity index (χ0) is 16.3. The molecule has 1 heterocycles. The smallest absolute Gasteiger partial charge is 0.457 e.